The lowest BCUT2D eigenvalue weighted by Crippen LogP contribution is -2.38. The third kappa shape index (κ3) is 4.09. The zero-order valence-electron chi connectivity index (χ0n) is 12.8. The molecule has 4 nitrogen and oxygen atoms in total. The molecule has 1 aromatic heterocycles. The Morgan fingerprint density at radius 1 is 1.22 bits per heavy atom. The van der Waals surface area contributed by atoms with E-state index in [1.807, 2.05) is 12.1 Å². The van der Waals surface area contributed by atoms with Gasteiger partial charge in [-0.25, -0.2) is 4.39 Å². The van der Waals surface area contributed by atoms with Crippen LogP contribution >= 0.6 is 12.2 Å². The van der Waals surface area contributed by atoms with Crippen molar-refractivity contribution >= 4 is 23.0 Å². The first kappa shape index (κ1) is 16.0. The van der Waals surface area contributed by atoms with Crippen molar-refractivity contribution in [1.82, 2.24) is 10.2 Å². The Bertz CT molecular complexity index is 641. The SMILES string of the molecule is Fc1ccccc1NC(=S)NC[C@H](c1ccco1)N1CCCC1. The maximum absolute atomic E-state index is 13.6. The van der Waals surface area contributed by atoms with Crippen LogP contribution in [0.5, 0.6) is 0 Å². The van der Waals surface area contributed by atoms with E-state index in [-0.39, 0.29) is 11.9 Å². The largest absolute Gasteiger partial charge is 0.468 e. The van der Waals surface area contributed by atoms with Crippen LogP contribution in [0.15, 0.2) is 47.1 Å². The highest BCUT2D eigenvalue weighted by molar-refractivity contribution is 7.80. The molecule has 1 saturated heterocycles. The highest BCUT2D eigenvalue weighted by atomic mass is 32.1. The van der Waals surface area contributed by atoms with Crippen LogP contribution in [0.4, 0.5) is 10.1 Å². The molecule has 0 unspecified atom stereocenters. The van der Waals surface area contributed by atoms with Gasteiger partial charge in [0.2, 0.25) is 0 Å². The normalized spacial score (nSPS) is 16.2. The predicted molar refractivity (Wildman–Crippen MR) is 92.9 cm³/mol. The predicted octanol–water partition coefficient (Wildman–Crippen LogP) is 3.54. The number of benzene rings is 1. The quantitative estimate of drug-likeness (QED) is 0.819. The van der Waals surface area contributed by atoms with Gasteiger partial charge in [0.1, 0.15) is 11.6 Å². The van der Waals surface area contributed by atoms with Gasteiger partial charge in [0.05, 0.1) is 18.0 Å². The smallest absolute Gasteiger partial charge is 0.170 e. The maximum Gasteiger partial charge on any atom is 0.170 e. The van der Waals surface area contributed by atoms with Crippen LogP contribution in [-0.4, -0.2) is 29.6 Å². The molecule has 2 N–H and O–H groups in total. The molecule has 0 spiro atoms. The molecular weight excluding hydrogens is 313 g/mol. The highest BCUT2D eigenvalue weighted by Crippen LogP contribution is 2.25. The van der Waals surface area contributed by atoms with Crippen LogP contribution in [-0.2, 0) is 0 Å². The Labute approximate surface area is 140 Å². The minimum atomic E-state index is -0.321. The van der Waals surface area contributed by atoms with Gasteiger partial charge in [-0.05, 0) is 62.4 Å². The zero-order valence-corrected chi connectivity index (χ0v) is 13.6. The molecule has 0 amide bonds. The van der Waals surface area contributed by atoms with Crippen molar-refractivity contribution in [3.8, 4) is 0 Å². The summed E-state index contributed by atoms with van der Waals surface area (Å²) in [5.41, 5.74) is 0.376. The Balaban J connectivity index is 1.60. The van der Waals surface area contributed by atoms with E-state index in [4.69, 9.17) is 16.6 Å². The van der Waals surface area contributed by atoms with Gasteiger partial charge in [0.15, 0.2) is 5.11 Å². The summed E-state index contributed by atoms with van der Waals surface area (Å²) in [4.78, 5) is 2.39. The lowest BCUT2D eigenvalue weighted by molar-refractivity contribution is 0.216. The fourth-order valence-electron chi connectivity index (χ4n) is 2.86. The van der Waals surface area contributed by atoms with E-state index in [1.165, 1.54) is 18.9 Å². The van der Waals surface area contributed by atoms with E-state index in [0.717, 1.165) is 18.8 Å². The number of furan rings is 1. The first-order valence-electron chi connectivity index (χ1n) is 7.81. The zero-order chi connectivity index (χ0) is 16.1. The molecule has 122 valence electrons. The average molecular weight is 333 g/mol. The van der Waals surface area contributed by atoms with Gasteiger partial charge in [0, 0.05) is 6.54 Å². The number of nitrogens with zero attached hydrogens (tertiary/aromatic N) is 1. The van der Waals surface area contributed by atoms with Crippen LogP contribution < -0.4 is 10.6 Å². The molecular formula is C17H20FN3OS. The minimum absolute atomic E-state index is 0.132. The molecule has 1 aliphatic heterocycles. The van der Waals surface area contributed by atoms with E-state index >= 15 is 0 Å². The first-order valence-corrected chi connectivity index (χ1v) is 8.22. The van der Waals surface area contributed by atoms with Crippen LogP contribution in [0.3, 0.4) is 0 Å². The van der Waals surface area contributed by atoms with Gasteiger partial charge in [-0.2, -0.15) is 0 Å². The summed E-state index contributed by atoms with van der Waals surface area (Å²) in [7, 11) is 0. The van der Waals surface area contributed by atoms with Crippen LogP contribution in [0.25, 0.3) is 0 Å². The maximum atomic E-state index is 13.6. The third-order valence-electron chi connectivity index (χ3n) is 4.03. The van der Waals surface area contributed by atoms with Crippen molar-refractivity contribution < 1.29 is 8.81 Å². The van der Waals surface area contributed by atoms with Gasteiger partial charge in [-0.15, -0.1) is 0 Å². The molecule has 1 aliphatic rings. The number of rotatable bonds is 5. The topological polar surface area (TPSA) is 40.4 Å². The molecule has 2 aromatic rings. The van der Waals surface area contributed by atoms with E-state index < -0.39 is 0 Å². The Hall–Kier alpha value is -1.92. The second kappa shape index (κ2) is 7.57. The summed E-state index contributed by atoms with van der Waals surface area (Å²) < 4.78 is 19.2. The molecule has 3 rings (SSSR count). The molecule has 0 bridgehead atoms. The molecule has 6 heteroatoms. The van der Waals surface area contributed by atoms with Gasteiger partial charge in [0.25, 0.3) is 0 Å². The van der Waals surface area contributed by atoms with Crippen LogP contribution in [0.2, 0.25) is 0 Å². The average Bonchev–Trinajstić information content (AvgIpc) is 3.23. The number of thiocarbonyl (C=S) groups is 1. The van der Waals surface area contributed by atoms with Gasteiger partial charge >= 0.3 is 0 Å². The fraction of sp³-hybridized carbons (Fsp3) is 0.353. The highest BCUT2D eigenvalue weighted by Gasteiger charge is 2.25. The molecule has 0 aliphatic carbocycles. The summed E-state index contributed by atoms with van der Waals surface area (Å²) in [6, 6.07) is 10.5. The Kier molecular flexibility index (Phi) is 5.25. The number of nitrogens with one attached hydrogen (secondary N) is 2. The molecule has 23 heavy (non-hydrogen) atoms. The lowest BCUT2D eigenvalue weighted by Gasteiger charge is -2.26. The van der Waals surface area contributed by atoms with Crippen molar-refractivity contribution in [2.24, 2.45) is 0 Å². The second-order valence-electron chi connectivity index (χ2n) is 5.59. The van der Waals surface area contributed by atoms with Gasteiger partial charge < -0.3 is 15.1 Å². The number of para-hydroxylation sites is 1. The fourth-order valence-corrected chi connectivity index (χ4v) is 3.06. The number of hydrogen-bond donors (Lipinski definition) is 2. The minimum Gasteiger partial charge on any atom is -0.468 e. The second-order valence-corrected chi connectivity index (χ2v) is 6.00. The standard InChI is InChI=1S/C17H20FN3OS/c18-13-6-1-2-7-14(13)20-17(23)19-12-15(16-8-5-11-22-16)21-9-3-4-10-21/h1-2,5-8,11,15H,3-4,9-10,12H2,(H2,19,20,23)/t15-/m1/s1. The van der Waals surface area contributed by atoms with Gasteiger partial charge in [-0.1, -0.05) is 12.1 Å². The molecule has 1 atom stereocenters. The van der Waals surface area contributed by atoms with Crippen molar-refractivity contribution in [2.45, 2.75) is 18.9 Å². The van der Waals surface area contributed by atoms with Gasteiger partial charge in [-0.3, -0.25) is 4.90 Å². The molecule has 2 heterocycles. The van der Waals surface area contributed by atoms with Crippen LogP contribution in [0, 0.1) is 5.82 Å². The number of halogens is 1. The molecule has 0 saturated carbocycles. The lowest BCUT2D eigenvalue weighted by atomic mass is 10.2. The van der Waals surface area contributed by atoms with E-state index in [2.05, 4.69) is 15.5 Å². The van der Waals surface area contributed by atoms with Crippen molar-refractivity contribution in [2.75, 3.05) is 25.0 Å². The number of anilines is 1. The van der Waals surface area contributed by atoms with Crippen molar-refractivity contribution in [3.05, 3.63) is 54.2 Å². The van der Waals surface area contributed by atoms with E-state index in [9.17, 15) is 4.39 Å². The number of likely N-dealkylation sites (tertiary alicyclic amines) is 1. The molecule has 1 aromatic carbocycles. The molecule has 1 fully saturated rings. The Morgan fingerprint density at radius 2 is 2.00 bits per heavy atom. The van der Waals surface area contributed by atoms with Crippen molar-refractivity contribution in [1.29, 1.82) is 0 Å². The van der Waals surface area contributed by atoms with Crippen molar-refractivity contribution in [3.63, 3.8) is 0 Å². The first-order chi connectivity index (χ1) is 11.2. The van der Waals surface area contributed by atoms with Crippen LogP contribution in [0.1, 0.15) is 24.6 Å². The molecule has 0 radical (unpaired) electrons. The monoisotopic (exact) mass is 333 g/mol. The summed E-state index contributed by atoms with van der Waals surface area (Å²) in [5, 5.41) is 6.48. The Morgan fingerprint density at radius 3 is 2.70 bits per heavy atom. The van der Waals surface area contributed by atoms with E-state index in [1.54, 1.807) is 24.5 Å². The summed E-state index contributed by atoms with van der Waals surface area (Å²) in [6.45, 7) is 2.73. The summed E-state index contributed by atoms with van der Waals surface area (Å²) in [6.07, 6.45) is 4.10. The number of hydrogen-bond acceptors (Lipinski definition) is 3. The summed E-state index contributed by atoms with van der Waals surface area (Å²) in [5.74, 6) is 0.604. The summed E-state index contributed by atoms with van der Waals surface area (Å²) >= 11 is 5.28. The van der Waals surface area contributed by atoms with E-state index in [0.29, 0.717) is 17.3 Å². The third-order valence-corrected chi connectivity index (χ3v) is 4.28.